The van der Waals surface area contributed by atoms with Crippen molar-refractivity contribution in [3.05, 3.63) is 41.2 Å². The van der Waals surface area contributed by atoms with Crippen LogP contribution in [-0.2, 0) is 6.54 Å². The summed E-state index contributed by atoms with van der Waals surface area (Å²) >= 11 is 5.81. The third kappa shape index (κ3) is 2.71. The number of nitrogens with zero attached hydrogens (tertiary/aromatic N) is 2. The monoisotopic (exact) mass is 252 g/mol. The standard InChI is InChI=1S/C12H13ClN2O2/c1-16-11-4-3-9(12(5-11)17-2)7-15-8-10(13)6-14-15/h3-6,8H,7H2,1-2H3. The Hall–Kier alpha value is -1.68. The molecule has 0 atom stereocenters. The molecule has 0 fully saturated rings. The van der Waals surface area contributed by atoms with Gasteiger partial charge in [0.25, 0.3) is 0 Å². The van der Waals surface area contributed by atoms with Crippen LogP contribution in [-0.4, -0.2) is 24.0 Å². The maximum atomic E-state index is 5.81. The van der Waals surface area contributed by atoms with Crippen LogP contribution in [0.4, 0.5) is 0 Å². The van der Waals surface area contributed by atoms with Gasteiger partial charge in [-0.1, -0.05) is 11.6 Å². The molecule has 2 rings (SSSR count). The molecule has 4 nitrogen and oxygen atoms in total. The van der Waals surface area contributed by atoms with Crippen molar-refractivity contribution in [2.45, 2.75) is 6.54 Å². The summed E-state index contributed by atoms with van der Waals surface area (Å²) in [5.41, 5.74) is 1.02. The number of hydrogen-bond acceptors (Lipinski definition) is 3. The molecule has 0 unspecified atom stereocenters. The van der Waals surface area contributed by atoms with Gasteiger partial charge in [0.1, 0.15) is 11.5 Å². The second-order valence-electron chi connectivity index (χ2n) is 3.53. The van der Waals surface area contributed by atoms with Crippen LogP contribution in [0.5, 0.6) is 11.5 Å². The number of benzene rings is 1. The normalized spacial score (nSPS) is 10.3. The Morgan fingerprint density at radius 3 is 2.71 bits per heavy atom. The van der Waals surface area contributed by atoms with Crippen LogP contribution in [0.1, 0.15) is 5.56 Å². The highest BCUT2D eigenvalue weighted by molar-refractivity contribution is 6.30. The zero-order valence-corrected chi connectivity index (χ0v) is 10.4. The highest BCUT2D eigenvalue weighted by atomic mass is 35.5. The lowest BCUT2D eigenvalue weighted by atomic mass is 10.2. The van der Waals surface area contributed by atoms with Crippen molar-refractivity contribution in [3.63, 3.8) is 0 Å². The summed E-state index contributed by atoms with van der Waals surface area (Å²) in [4.78, 5) is 0. The van der Waals surface area contributed by atoms with Gasteiger partial charge in [0, 0.05) is 17.8 Å². The summed E-state index contributed by atoms with van der Waals surface area (Å²) in [7, 11) is 3.26. The first kappa shape index (κ1) is 11.8. The highest BCUT2D eigenvalue weighted by Crippen LogP contribution is 2.25. The van der Waals surface area contributed by atoms with Crippen LogP contribution in [0.3, 0.4) is 0 Å². The van der Waals surface area contributed by atoms with Crippen LogP contribution in [0.15, 0.2) is 30.6 Å². The van der Waals surface area contributed by atoms with Crippen molar-refractivity contribution in [2.24, 2.45) is 0 Å². The summed E-state index contributed by atoms with van der Waals surface area (Å²) in [6, 6.07) is 5.69. The molecule has 1 aromatic carbocycles. The van der Waals surface area contributed by atoms with Gasteiger partial charge in [-0.15, -0.1) is 0 Å². The van der Waals surface area contributed by atoms with E-state index in [-0.39, 0.29) is 0 Å². The molecule has 2 aromatic rings. The van der Waals surface area contributed by atoms with Gasteiger partial charge >= 0.3 is 0 Å². The Morgan fingerprint density at radius 2 is 2.12 bits per heavy atom. The molecule has 5 heteroatoms. The second kappa shape index (κ2) is 5.10. The minimum Gasteiger partial charge on any atom is -0.497 e. The smallest absolute Gasteiger partial charge is 0.127 e. The van der Waals surface area contributed by atoms with Crippen molar-refractivity contribution in [1.29, 1.82) is 0 Å². The van der Waals surface area contributed by atoms with Crippen LogP contribution >= 0.6 is 11.6 Å². The second-order valence-corrected chi connectivity index (χ2v) is 3.97. The van der Waals surface area contributed by atoms with E-state index >= 15 is 0 Å². The van der Waals surface area contributed by atoms with Gasteiger partial charge < -0.3 is 9.47 Å². The third-order valence-electron chi connectivity index (χ3n) is 2.43. The predicted octanol–water partition coefficient (Wildman–Crippen LogP) is 2.60. The molecule has 1 aromatic heterocycles. The van der Waals surface area contributed by atoms with Gasteiger partial charge in [0.2, 0.25) is 0 Å². The summed E-state index contributed by atoms with van der Waals surface area (Å²) in [6.07, 6.45) is 3.38. The van der Waals surface area contributed by atoms with Gasteiger partial charge in [0.05, 0.1) is 32.0 Å². The predicted molar refractivity (Wildman–Crippen MR) is 65.9 cm³/mol. The molecule has 0 amide bonds. The van der Waals surface area contributed by atoms with E-state index in [4.69, 9.17) is 21.1 Å². The lowest BCUT2D eigenvalue weighted by Gasteiger charge is -2.10. The maximum Gasteiger partial charge on any atom is 0.127 e. The molecule has 0 radical (unpaired) electrons. The summed E-state index contributed by atoms with van der Waals surface area (Å²) < 4.78 is 12.2. The summed E-state index contributed by atoms with van der Waals surface area (Å²) in [5.74, 6) is 1.54. The number of aromatic nitrogens is 2. The van der Waals surface area contributed by atoms with Crippen LogP contribution in [0, 0.1) is 0 Å². The van der Waals surface area contributed by atoms with Crippen molar-refractivity contribution in [3.8, 4) is 11.5 Å². The lowest BCUT2D eigenvalue weighted by Crippen LogP contribution is -2.02. The summed E-state index contributed by atoms with van der Waals surface area (Å²) in [5, 5.41) is 4.75. The number of rotatable bonds is 4. The Labute approximate surface area is 105 Å². The fraction of sp³-hybridized carbons (Fsp3) is 0.250. The zero-order valence-electron chi connectivity index (χ0n) is 9.68. The van der Waals surface area contributed by atoms with Crippen LogP contribution in [0.2, 0.25) is 5.02 Å². The van der Waals surface area contributed by atoms with Crippen LogP contribution in [0.25, 0.3) is 0 Å². The van der Waals surface area contributed by atoms with E-state index in [1.807, 2.05) is 18.2 Å². The third-order valence-corrected chi connectivity index (χ3v) is 2.62. The minimum atomic E-state index is 0.611. The fourth-order valence-corrected chi connectivity index (χ4v) is 1.74. The van der Waals surface area contributed by atoms with E-state index in [0.717, 1.165) is 17.1 Å². The Balaban J connectivity index is 2.26. The first-order valence-corrected chi connectivity index (χ1v) is 5.49. The summed E-state index contributed by atoms with van der Waals surface area (Å²) in [6.45, 7) is 0.611. The average Bonchev–Trinajstić information content (AvgIpc) is 2.75. The Morgan fingerprint density at radius 1 is 1.29 bits per heavy atom. The van der Waals surface area contributed by atoms with E-state index in [1.54, 1.807) is 31.3 Å². The van der Waals surface area contributed by atoms with Gasteiger partial charge in [-0.25, -0.2) is 0 Å². The molecule has 0 saturated carbocycles. The van der Waals surface area contributed by atoms with Crippen molar-refractivity contribution >= 4 is 11.6 Å². The van der Waals surface area contributed by atoms with Crippen molar-refractivity contribution in [1.82, 2.24) is 9.78 Å². The van der Waals surface area contributed by atoms with Crippen molar-refractivity contribution in [2.75, 3.05) is 14.2 Å². The Kier molecular flexibility index (Phi) is 3.54. The van der Waals surface area contributed by atoms with Gasteiger partial charge in [-0.3, -0.25) is 4.68 Å². The number of methoxy groups -OCH3 is 2. The quantitative estimate of drug-likeness (QED) is 0.839. The van der Waals surface area contributed by atoms with E-state index in [9.17, 15) is 0 Å². The SMILES string of the molecule is COc1ccc(Cn2cc(Cl)cn2)c(OC)c1. The molecular formula is C12H13ClN2O2. The first-order chi connectivity index (χ1) is 8.22. The van der Waals surface area contributed by atoms with E-state index in [2.05, 4.69) is 5.10 Å². The molecule has 90 valence electrons. The van der Waals surface area contributed by atoms with E-state index < -0.39 is 0 Å². The van der Waals surface area contributed by atoms with E-state index in [1.165, 1.54) is 0 Å². The number of hydrogen-bond donors (Lipinski definition) is 0. The van der Waals surface area contributed by atoms with Crippen LogP contribution < -0.4 is 9.47 Å². The highest BCUT2D eigenvalue weighted by Gasteiger charge is 2.06. The number of halogens is 1. The largest absolute Gasteiger partial charge is 0.497 e. The fourth-order valence-electron chi connectivity index (χ4n) is 1.58. The molecule has 0 N–H and O–H groups in total. The number of ether oxygens (including phenoxy) is 2. The zero-order chi connectivity index (χ0) is 12.3. The molecule has 0 saturated heterocycles. The molecule has 0 bridgehead atoms. The van der Waals surface area contributed by atoms with Gasteiger partial charge in [0.15, 0.2) is 0 Å². The minimum absolute atomic E-state index is 0.611. The maximum absolute atomic E-state index is 5.81. The molecule has 0 spiro atoms. The lowest BCUT2D eigenvalue weighted by molar-refractivity contribution is 0.389. The van der Waals surface area contributed by atoms with Gasteiger partial charge in [-0.05, 0) is 12.1 Å². The Bertz CT molecular complexity index is 511. The van der Waals surface area contributed by atoms with E-state index in [0.29, 0.717) is 11.6 Å². The van der Waals surface area contributed by atoms with Gasteiger partial charge in [-0.2, -0.15) is 5.10 Å². The molecule has 0 aliphatic rings. The molecule has 0 aliphatic carbocycles. The molecule has 0 aliphatic heterocycles. The molecule has 17 heavy (non-hydrogen) atoms. The molecule has 1 heterocycles. The topological polar surface area (TPSA) is 36.3 Å². The average molecular weight is 253 g/mol. The molecular weight excluding hydrogens is 240 g/mol. The van der Waals surface area contributed by atoms with Crippen molar-refractivity contribution < 1.29 is 9.47 Å². The first-order valence-electron chi connectivity index (χ1n) is 5.12.